The van der Waals surface area contributed by atoms with Crippen molar-refractivity contribution < 1.29 is 4.79 Å². The average Bonchev–Trinajstić information content (AvgIpc) is 3.16. The summed E-state index contributed by atoms with van der Waals surface area (Å²) in [7, 11) is 2.04. The van der Waals surface area contributed by atoms with Gasteiger partial charge in [-0.2, -0.15) is 0 Å². The number of aryl methyl sites for hydroxylation is 1. The minimum atomic E-state index is 0.154. The smallest absolute Gasteiger partial charge is 0.223 e. The molecule has 3 heterocycles. The monoisotopic (exact) mass is 372 g/mol. The average molecular weight is 373 g/mol. The number of carbonyl (C=O) groups is 1. The maximum Gasteiger partial charge on any atom is 0.223 e. The van der Waals surface area contributed by atoms with Gasteiger partial charge in [0.05, 0.1) is 6.54 Å². The Morgan fingerprint density at radius 1 is 1.15 bits per heavy atom. The summed E-state index contributed by atoms with van der Waals surface area (Å²) < 4.78 is 2.08. The zero-order valence-corrected chi connectivity index (χ0v) is 16.0. The lowest BCUT2D eigenvalue weighted by molar-refractivity contribution is -0.128. The number of likely N-dealkylation sites (tertiary alicyclic amines) is 2. The molecule has 2 aromatic rings. The van der Waals surface area contributed by atoms with E-state index in [-0.39, 0.29) is 11.3 Å². The Morgan fingerprint density at radius 3 is 2.54 bits per heavy atom. The minimum absolute atomic E-state index is 0.154. The van der Waals surface area contributed by atoms with Crippen molar-refractivity contribution in [3.63, 3.8) is 0 Å². The van der Waals surface area contributed by atoms with E-state index in [4.69, 9.17) is 11.6 Å². The second-order valence-corrected chi connectivity index (χ2v) is 8.22. The highest BCUT2D eigenvalue weighted by Gasteiger charge is 2.44. The number of halogens is 1. The molecule has 138 valence electrons. The van der Waals surface area contributed by atoms with Gasteiger partial charge in [-0.15, -0.1) is 0 Å². The molecule has 1 aromatic heterocycles. The van der Waals surface area contributed by atoms with Crippen molar-refractivity contribution in [2.24, 2.45) is 12.5 Å². The van der Waals surface area contributed by atoms with Crippen LogP contribution in [0.1, 0.15) is 30.7 Å². The summed E-state index contributed by atoms with van der Waals surface area (Å²) in [5.41, 5.74) is 1.30. The van der Waals surface area contributed by atoms with Gasteiger partial charge in [0.1, 0.15) is 5.82 Å². The van der Waals surface area contributed by atoms with Gasteiger partial charge in [-0.1, -0.05) is 23.7 Å². The Labute approximate surface area is 159 Å². The maximum absolute atomic E-state index is 12.6. The number of carbonyl (C=O) groups excluding carboxylic acids is 1. The van der Waals surface area contributed by atoms with Crippen LogP contribution in [0.4, 0.5) is 0 Å². The lowest BCUT2D eigenvalue weighted by atomic mass is 9.77. The van der Waals surface area contributed by atoms with Crippen LogP contribution in [-0.2, 0) is 24.9 Å². The lowest BCUT2D eigenvalue weighted by Gasteiger charge is -2.38. The summed E-state index contributed by atoms with van der Waals surface area (Å²) in [5.74, 6) is 1.39. The van der Waals surface area contributed by atoms with Gasteiger partial charge < -0.3 is 9.47 Å². The zero-order chi connectivity index (χ0) is 18.1. The van der Waals surface area contributed by atoms with Gasteiger partial charge in [0.15, 0.2) is 0 Å². The predicted molar refractivity (Wildman–Crippen MR) is 102 cm³/mol. The molecule has 2 aliphatic heterocycles. The van der Waals surface area contributed by atoms with Crippen LogP contribution in [0.3, 0.4) is 0 Å². The van der Waals surface area contributed by atoms with Gasteiger partial charge in [0, 0.05) is 44.0 Å². The first-order chi connectivity index (χ1) is 12.5. The molecule has 6 heteroatoms. The molecule has 26 heavy (non-hydrogen) atoms. The molecule has 0 atom stereocenters. The Balaban J connectivity index is 1.35. The number of nitrogens with zero attached hydrogens (tertiary/aromatic N) is 4. The zero-order valence-electron chi connectivity index (χ0n) is 15.2. The molecule has 0 aliphatic carbocycles. The van der Waals surface area contributed by atoms with Crippen molar-refractivity contribution in [3.8, 4) is 0 Å². The van der Waals surface area contributed by atoms with Crippen LogP contribution >= 0.6 is 11.6 Å². The van der Waals surface area contributed by atoms with E-state index in [1.54, 1.807) is 0 Å². The number of imidazole rings is 1. The van der Waals surface area contributed by atoms with E-state index in [0.29, 0.717) is 13.0 Å². The molecule has 0 radical (unpaired) electrons. The third-order valence-corrected chi connectivity index (χ3v) is 6.15. The molecule has 2 fully saturated rings. The number of benzene rings is 1. The van der Waals surface area contributed by atoms with Gasteiger partial charge in [-0.3, -0.25) is 9.69 Å². The van der Waals surface area contributed by atoms with E-state index in [9.17, 15) is 4.79 Å². The fourth-order valence-electron chi connectivity index (χ4n) is 4.21. The second kappa shape index (κ2) is 7.05. The summed E-state index contributed by atoms with van der Waals surface area (Å²) in [6.45, 7) is 4.53. The molecule has 0 bridgehead atoms. The highest BCUT2D eigenvalue weighted by Crippen LogP contribution is 2.41. The molecule has 2 saturated heterocycles. The molecular formula is C20H25ClN4O. The fourth-order valence-corrected chi connectivity index (χ4v) is 4.33. The van der Waals surface area contributed by atoms with Crippen molar-refractivity contribution in [2.45, 2.75) is 32.4 Å². The normalized spacial score (nSPS) is 20.2. The third kappa shape index (κ3) is 3.64. The molecule has 1 amide bonds. The Kier molecular flexibility index (Phi) is 4.76. The Bertz CT molecular complexity index is 777. The molecule has 5 nitrogen and oxygen atoms in total. The quantitative estimate of drug-likeness (QED) is 0.828. The van der Waals surface area contributed by atoms with Gasteiger partial charge in [0.25, 0.3) is 0 Å². The fraction of sp³-hybridized carbons (Fsp3) is 0.500. The lowest BCUT2D eigenvalue weighted by Crippen LogP contribution is -2.41. The topological polar surface area (TPSA) is 41.4 Å². The summed E-state index contributed by atoms with van der Waals surface area (Å²) in [6, 6.07) is 7.80. The van der Waals surface area contributed by atoms with Crippen molar-refractivity contribution in [2.75, 3.05) is 19.6 Å². The van der Waals surface area contributed by atoms with E-state index in [0.717, 1.165) is 55.4 Å². The van der Waals surface area contributed by atoms with Crippen LogP contribution in [0, 0.1) is 5.41 Å². The number of hydrogen-bond donors (Lipinski definition) is 0. The van der Waals surface area contributed by atoms with E-state index < -0.39 is 0 Å². The van der Waals surface area contributed by atoms with Crippen LogP contribution < -0.4 is 0 Å². The summed E-state index contributed by atoms with van der Waals surface area (Å²) >= 11 is 5.96. The van der Waals surface area contributed by atoms with E-state index in [1.165, 1.54) is 0 Å². The first-order valence-electron chi connectivity index (χ1n) is 9.24. The highest BCUT2D eigenvalue weighted by atomic mass is 35.5. The van der Waals surface area contributed by atoms with Crippen molar-refractivity contribution in [3.05, 3.63) is 53.1 Å². The van der Waals surface area contributed by atoms with Crippen molar-refractivity contribution in [1.29, 1.82) is 0 Å². The second-order valence-electron chi connectivity index (χ2n) is 7.78. The third-order valence-electron chi connectivity index (χ3n) is 5.89. The molecule has 2 aliphatic rings. The molecule has 1 spiro atoms. The van der Waals surface area contributed by atoms with Crippen LogP contribution in [0.5, 0.6) is 0 Å². The van der Waals surface area contributed by atoms with Gasteiger partial charge in [-0.05, 0) is 49.0 Å². The Hall–Kier alpha value is -1.85. The van der Waals surface area contributed by atoms with Crippen molar-refractivity contribution in [1.82, 2.24) is 19.4 Å². The largest absolute Gasteiger partial charge is 0.338 e. The first-order valence-corrected chi connectivity index (χ1v) is 9.62. The van der Waals surface area contributed by atoms with E-state index in [2.05, 4.69) is 14.5 Å². The summed E-state index contributed by atoms with van der Waals surface area (Å²) in [4.78, 5) is 21.5. The van der Waals surface area contributed by atoms with Crippen molar-refractivity contribution >= 4 is 17.5 Å². The van der Waals surface area contributed by atoms with Crippen LogP contribution in [0.2, 0.25) is 5.02 Å². The van der Waals surface area contributed by atoms with Crippen LogP contribution in [-0.4, -0.2) is 44.9 Å². The number of aromatic nitrogens is 2. The molecule has 0 saturated carbocycles. The molecular weight excluding hydrogens is 348 g/mol. The standard InChI is InChI=1S/C20H25ClN4O/c1-23-11-8-22-18(23)14-24-9-6-20(7-10-24)12-19(26)25(15-20)13-16-2-4-17(21)5-3-16/h2-5,8,11H,6-7,9-10,12-15H2,1H3. The predicted octanol–water partition coefficient (Wildman–Crippen LogP) is 3.09. The summed E-state index contributed by atoms with van der Waals surface area (Å²) in [5, 5.41) is 0.734. The van der Waals surface area contributed by atoms with E-state index in [1.807, 2.05) is 48.6 Å². The Morgan fingerprint density at radius 2 is 1.88 bits per heavy atom. The molecule has 4 rings (SSSR count). The van der Waals surface area contributed by atoms with Gasteiger partial charge in [0.2, 0.25) is 5.91 Å². The minimum Gasteiger partial charge on any atom is -0.338 e. The number of hydrogen-bond acceptors (Lipinski definition) is 3. The van der Waals surface area contributed by atoms with Crippen LogP contribution in [0.15, 0.2) is 36.7 Å². The number of rotatable bonds is 4. The maximum atomic E-state index is 12.6. The summed E-state index contributed by atoms with van der Waals surface area (Å²) in [6.07, 6.45) is 6.70. The van der Waals surface area contributed by atoms with Gasteiger partial charge in [-0.25, -0.2) is 4.98 Å². The van der Waals surface area contributed by atoms with Gasteiger partial charge >= 0.3 is 0 Å². The van der Waals surface area contributed by atoms with E-state index >= 15 is 0 Å². The SMILES string of the molecule is Cn1ccnc1CN1CCC2(CC1)CC(=O)N(Cc1ccc(Cl)cc1)C2. The van der Waals surface area contributed by atoms with Crippen LogP contribution in [0.25, 0.3) is 0 Å². The molecule has 0 unspecified atom stereocenters. The molecule has 0 N–H and O–H groups in total. The number of amides is 1. The first kappa shape index (κ1) is 17.6. The highest BCUT2D eigenvalue weighted by molar-refractivity contribution is 6.30. The molecule has 1 aromatic carbocycles. The number of piperidine rings is 1.